The molecule has 0 heterocycles. The highest BCUT2D eigenvalue weighted by Gasteiger charge is 2.12. The van der Waals surface area contributed by atoms with Crippen LogP contribution >= 0.6 is 0 Å². The summed E-state index contributed by atoms with van der Waals surface area (Å²) in [5.41, 5.74) is 3.65. The van der Waals surface area contributed by atoms with E-state index >= 15 is 0 Å². The Morgan fingerprint density at radius 1 is 1.00 bits per heavy atom. The monoisotopic (exact) mass is 224 g/mol. The molecule has 0 unspecified atom stereocenters. The number of benzene rings is 1. The Kier molecular flexibility index (Phi) is 4.77. The normalized spacial score (nSPS) is 10.9. The molecular weight excluding hydrogens is 204 g/mol. The molecule has 3 heteroatoms. The van der Waals surface area contributed by atoms with Gasteiger partial charge in [0.15, 0.2) is 0 Å². The van der Waals surface area contributed by atoms with Crippen LogP contribution in [0.25, 0.3) is 0 Å². The topological polar surface area (TPSA) is 49.7 Å². The molecule has 0 aromatic heterocycles. The summed E-state index contributed by atoms with van der Waals surface area (Å²) in [5, 5.41) is 17.7. The quantitative estimate of drug-likeness (QED) is 0.752. The Labute approximate surface area is 96.7 Å². The zero-order chi connectivity index (χ0) is 12.1. The van der Waals surface area contributed by atoms with Crippen LogP contribution in [-0.4, -0.2) is 16.7 Å². The van der Waals surface area contributed by atoms with E-state index in [1.165, 1.54) is 11.1 Å². The Hall–Kier alpha value is -1.06. The second-order valence-corrected chi connectivity index (χ2v) is 3.68. The third-order valence-electron chi connectivity index (χ3n) is 2.81. The second-order valence-electron chi connectivity index (χ2n) is 3.68. The van der Waals surface area contributed by atoms with Gasteiger partial charge in [0, 0.05) is 0 Å². The fraction of sp³-hybridized carbons (Fsp3) is 0.538. The summed E-state index contributed by atoms with van der Waals surface area (Å²) in [6.45, 7) is 4.52. The van der Waals surface area contributed by atoms with Crippen molar-refractivity contribution in [2.75, 3.05) is 0 Å². The fourth-order valence-corrected chi connectivity index (χ4v) is 2.10. The van der Waals surface area contributed by atoms with Crippen molar-refractivity contribution in [2.45, 2.75) is 46.5 Å². The minimum absolute atomic E-state index is 0.576. The molecule has 3 nitrogen and oxygen atoms in total. The molecule has 0 spiro atoms. The van der Waals surface area contributed by atoms with Crippen molar-refractivity contribution in [3.63, 3.8) is 0 Å². The average Bonchev–Trinajstić information content (AvgIpc) is 2.27. The van der Waals surface area contributed by atoms with Crippen LogP contribution in [0.3, 0.4) is 0 Å². The molecule has 1 aromatic carbocycles. The number of rotatable bonds is 5. The molecule has 16 heavy (non-hydrogen) atoms. The lowest BCUT2D eigenvalue weighted by atomic mass is 9.95. The zero-order valence-corrected chi connectivity index (χ0v) is 10.2. The van der Waals surface area contributed by atoms with Gasteiger partial charge in [-0.25, -0.2) is 0 Å². The van der Waals surface area contributed by atoms with Crippen LogP contribution in [-0.2, 0) is 19.3 Å². The molecule has 0 bridgehead atoms. The van der Waals surface area contributed by atoms with E-state index in [-0.39, 0.29) is 0 Å². The van der Waals surface area contributed by atoms with E-state index in [0.29, 0.717) is 5.75 Å². The number of aliphatic hydroxyl groups excluding tert-OH is 1. The summed E-state index contributed by atoms with van der Waals surface area (Å²) < 4.78 is 4.99. The van der Waals surface area contributed by atoms with Crippen LogP contribution in [0.4, 0.5) is 0 Å². The van der Waals surface area contributed by atoms with E-state index in [0.717, 1.165) is 24.8 Å². The molecule has 0 saturated heterocycles. The number of hydrogen-bond acceptors (Lipinski definition) is 3. The molecular formula is C13H20O3. The van der Waals surface area contributed by atoms with Gasteiger partial charge in [-0.15, -0.1) is 0 Å². The first kappa shape index (κ1) is 13.0. The van der Waals surface area contributed by atoms with E-state index < -0.39 is 6.48 Å². The first-order valence-corrected chi connectivity index (χ1v) is 5.80. The lowest BCUT2D eigenvalue weighted by Crippen LogP contribution is -2.15. The molecule has 0 amide bonds. The summed E-state index contributed by atoms with van der Waals surface area (Å²) in [7, 11) is 0. The first-order valence-electron chi connectivity index (χ1n) is 5.80. The van der Waals surface area contributed by atoms with Gasteiger partial charge in [0.05, 0.1) is 0 Å². The Morgan fingerprint density at radius 3 is 2.06 bits per heavy atom. The Balaban J connectivity index is 3.20. The number of aliphatic hydroxyl groups is 2. The largest absolute Gasteiger partial charge is 0.441 e. The Morgan fingerprint density at radius 2 is 1.62 bits per heavy atom. The predicted molar refractivity (Wildman–Crippen MR) is 63.4 cm³/mol. The number of hydrogen-bond donors (Lipinski definition) is 2. The number of aryl methyl sites for hydroxylation is 1. The Bertz CT molecular complexity index is 345. The van der Waals surface area contributed by atoms with E-state index in [9.17, 15) is 0 Å². The van der Waals surface area contributed by atoms with Gasteiger partial charge in [-0.05, 0) is 42.0 Å². The highest BCUT2D eigenvalue weighted by atomic mass is 16.7. The van der Waals surface area contributed by atoms with Crippen LogP contribution in [0.15, 0.2) is 12.1 Å². The average molecular weight is 224 g/mol. The molecule has 0 radical (unpaired) electrons. The summed E-state index contributed by atoms with van der Waals surface area (Å²) in [6, 6.07) is 3.81. The van der Waals surface area contributed by atoms with Crippen molar-refractivity contribution < 1.29 is 14.9 Å². The first-order chi connectivity index (χ1) is 7.63. The van der Waals surface area contributed by atoms with Crippen LogP contribution in [0.2, 0.25) is 0 Å². The van der Waals surface area contributed by atoms with E-state index in [4.69, 9.17) is 14.9 Å². The summed E-state index contributed by atoms with van der Waals surface area (Å²) in [5.74, 6) is 0.576. The predicted octanol–water partition coefficient (Wildman–Crippen LogP) is 2.02. The minimum atomic E-state index is -1.75. The highest BCUT2D eigenvalue weighted by Crippen LogP contribution is 2.27. The molecule has 0 fully saturated rings. The molecule has 90 valence electrons. The van der Waals surface area contributed by atoms with Crippen molar-refractivity contribution in [1.82, 2.24) is 0 Å². The van der Waals surface area contributed by atoms with Gasteiger partial charge < -0.3 is 14.9 Å². The molecule has 0 saturated carbocycles. The van der Waals surface area contributed by atoms with Gasteiger partial charge in [0.2, 0.25) is 0 Å². The van der Waals surface area contributed by atoms with Gasteiger partial charge in [0.1, 0.15) is 5.75 Å². The zero-order valence-electron chi connectivity index (χ0n) is 10.2. The van der Waals surface area contributed by atoms with Crippen molar-refractivity contribution in [1.29, 1.82) is 0 Å². The van der Waals surface area contributed by atoms with Crippen LogP contribution in [0, 0.1) is 0 Å². The minimum Gasteiger partial charge on any atom is -0.441 e. The van der Waals surface area contributed by atoms with Crippen molar-refractivity contribution in [3.05, 3.63) is 28.8 Å². The third kappa shape index (κ3) is 2.74. The fourth-order valence-electron chi connectivity index (χ4n) is 2.10. The molecule has 0 aliphatic rings. The molecule has 1 rings (SSSR count). The highest BCUT2D eigenvalue weighted by molar-refractivity contribution is 5.45. The maximum absolute atomic E-state index is 8.85. The van der Waals surface area contributed by atoms with E-state index in [1.54, 1.807) is 0 Å². The third-order valence-corrected chi connectivity index (χ3v) is 2.81. The maximum Gasteiger partial charge on any atom is 0.310 e. The van der Waals surface area contributed by atoms with Crippen LogP contribution in [0.5, 0.6) is 5.75 Å². The molecule has 0 aliphatic heterocycles. The molecule has 0 aliphatic carbocycles. The van der Waals surface area contributed by atoms with Crippen LogP contribution in [0.1, 0.15) is 37.5 Å². The van der Waals surface area contributed by atoms with Crippen LogP contribution < -0.4 is 4.74 Å². The second kappa shape index (κ2) is 5.87. The van der Waals surface area contributed by atoms with Crippen molar-refractivity contribution in [2.24, 2.45) is 0 Å². The lowest BCUT2D eigenvalue weighted by molar-refractivity contribution is -0.179. The molecule has 0 atom stereocenters. The molecule has 2 N–H and O–H groups in total. The van der Waals surface area contributed by atoms with Gasteiger partial charge in [-0.1, -0.05) is 26.8 Å². The summed E-state index contributed by atoms with van der Waals surface area (Å²) in [4.78, 5) is 0. The van der Waals surface area contributed by atoms with Gasteiger partial charge in [0.25, 0.3) is 0 Å². The van der Waals surface area contributed by atoms with Gasteiger partial charge in [-0.3, -0.25) is 0 Å². The number of ether oxygens (including phenoxy) is 1. The van der Waals surface area contributed by atoms with E-state index in [1.807, 2.05) is 19.1 Å². The standard InChI is InChI=1S/C13H20O3/c1-4-9-7-8-12(16-13(14)15)11(6-3)10(9)5-2/h7-8,13-15H,4-6H2,1-3H3. The lowest BCUT2D eigenvalue weighted by Gasteiger charge is -2.17. The maximum atomic E-state index is 8.85. The molecule has 1 aromatic rings. The smallest absolute Gasteiger partial charge is 0.310 e. The van der Waals surface area contributed by atoms with Gasteiger partial charge in [-0.2, -0.15) is 0 Å². The summed E-state index contributed by atoms with van der Waals surface area (Å²) >= 11 is 0. The van der Waals surface area contributed by atoms with Gasteiger partial charge >= 0.3 is 6.48 Å². The van der Waals surface area contributed by atoms with Crippen molar-refractivity contribution >= 4 is 0 Å². The SMILES string of the molecule is CCc1ccc(OC(O)O)c(CC)c1CC. The van der Waals surface area contributed by atoms with Crippen molar-refractivity contribution in [3.8, 4) is 5.75 Å². The summed E-state index contributed by atoms with van der Waals surface area (Å²) in [6.07, 6.45) is 2.75. The van der Waals surface area contributed by atoms with E-state index in [2.05, 4.69) is 13.8 Å².